The van der Waals surface area contributed by atoms with E-state index in [-0.39, 0.29) is 22.0 Å². The molecule has 0 spiro atoms. The quantitative estimate of drug-likeness (QED) is 0.456. The number of aromatic nitrogens is 1. The van der Waals surface area contributed by atoms with Gasteiger partial charge in [-0.3, -0.25) is 9.59 Å². The van der Waals surface area contributed by atoms with Crippen molar-refractivity contribution >= 4 is 61.4 Å². The number of ether oxygens (including phenoxy) is 1. The Balaban J connectivity index is 1.69. The van der Waals surface area contributed by atoms with Crippen molar-refractivity contribution in [2.75, 3.05) is 17.7 Å². The van der Waals surface area contributed by atoms with Crippen LogP contribution in [-0.4, -0.2) is 29.4 Å². The summed E-state index contributed by atoms with van der Waals surface area (Å²) in [6.07, 6.45) is 6.53. The van der Waals surface area contributed by atoms with Gasteiger partial charge in [0.1, 0.15) is 19.6 Å². The van der Waals surface area contributed by atoms with Crippen LogP contribution in [-0.2, 0) is 17.6 Å². The average molecular weight is 487 g/mol. The second-order valence-electron chi connectivity index (χ2n) is 8.01. The Kier molecular flexibility index (Phi) is 6.66. The standard InChI is InChI=1S/C23H26N4O4S2/c1-3-31-23(30)17-11(2)15(19(25)28)22(32-17)27-20(29)18-16(24)13-10-12-8-6-4-5-7-9-14(12)26-21(13)33-18/h10H,3-9,24H2,1-2H3,(H2,25,28)(H,27,29). The molecule has 0 saturated carbocycles. The van der Waals surface area contributed by atoms with Gasteiger partial charge in [-0.05, 0) is 56.7 Å². The molecule has 0 atom stereocenters. The first-order valence-electron chi connectivity index (χ1n) is 10.9. The number of nitrogens with zero attached hydrogens (tertiary/aromatic N) is 1. The SMILES string of the molecule is CCOC(=O)c1sc(NC(=O)c2sc3nc4c(cc3c2N)CCCCCC4)c(C(N)=O)c1C. The molecule has 0 aliphatic heterocycles. The van der Waals surface area contributed by atoms with Gasteiger partial charge in [-0.15, -0.1) is 22.7 Å². The minimum Gasteiger partial charge on any atom is -0.462 e. The fourth-order valence-corrected chi connectivity index (χ4v) is 6.22. The number of hydrogen-bond acceptors (Lipinski definition) is 8. The number of thiophene rings is 2. The van der Waals surface area contributed by atoms with Gasteiger partial charge in [0.05, 0.1) is 17.9 Å². The van der Waals surface area contributed by atoms with Crippen molar-refractivity contribution in [3.05, 3.63) is 38.2 Å². The smallest absolute Gasteiger partial charge is 0.348 e. The van der Waals surface area contributed by atoms with E-state index in [1.54, 1.807) is 13.8 Å². The Hall–Kier alpha value is -2.98. The third-order valence-corrected chi connectivity index (χ3v) is 8.09. The monoisotopic (exact) mass is 486 g/mol. The number of primary amides is 1. The molecule has 1 aliphatic rings. The predicted molar refractivity (Wildman–Crippen MR) is 131 cm³/mol. The van der Waals surface area contributed by atoms with E-state index in [1.165, 1.54) is 29.7 Å². The van der Waals surface area contributed by atoms with Gasteiger partial charge in [-0.2, -0.15) is 0 Å². The predicted octanol–water partition coefficient (Wildman–Crippen LogP) is 4.44. The lowest BCUT2D eigenvalue weighted by Crippen LogP contribution is -2.17. The zero-order valence-corrected chi connectivity index (χ0v) is 20.2. The van der Waals surface area contributed by atoms with Crippen LogP contribution in [0.3, 0.4) is 0 Å². The van der Waals surface area contributed by atoms with E-state index < -0.39 is 17.8 Å². The lowest BCUT2D eigenvalue weighted by molar-refractivity contribution is 0.0531. The summed E-state index contributed by atoms with van der Waals surface area (Å²) in [4.78, 5) is 43.6. The maximum Gasteiger partial charge on any atom is 0.348 e. The van der Waals surface area contributed by atoms with Crippen molar-refractivity contribution in [1.82, 2.24) is 4.98 Å². The third-order valence-electron chi connectivity index (χ3n) is 5.79. The summed E-state index contributed by atoms with van der Waals surface area (Å²) < 4.78 is 5.05. The molecule has 0 fully saturated rings. The summed E-state index contributed by atoms with van der Waals surface area (Å²) in [7, 11) is 0. The van der Waals surface area contributed by atoms with Crippen molar-refractivity contribution in [2.45, 2.75) is 52.4 Å². The third kappa shape index (κ3) is 4.45. The number of nitrogens with two attached hydrogens (primary N) is 2. The Morgan fingerprint density at radius 3 is 2.55 bits per heavy atom. The number of pyridine rings is 1. The van der Waals surface area contributed by atoms with Crippen molar-refractivity contribution in [1.29, 1.82) is 0 Å². The highest BCUT2D eigenvalue weighted by atomic mass is 32.1. The van der Waals surface area contributed by atoms with Gasteiger partial charge in [0.25, 0.3) is 11.8 Å². The Labute approximate surface area is 199 Å². The zero-order chi connectivity index (χ0) is 23.7. The lowest BCUT2D eigenvalue weighted by atomic mass is 9.96. The van der Waals surface area contributed by atoms with Crippen LogP contribution in [0.5, 0.6) is 0 Å². The highest BCUT2D eigenvalue weighted by molar-refractivity contribution is 7.21. The summed E-state index contributed by atoms with van der Waals surface area (Å²) >= 11 is 2.19. The van der Waals surface area contributed by atoms with Crippen molar-refractivity contribution in [2.24, 2.45) is 5.73 Å². The first kappa shape index (κ1) is 23.2. The largest absolute Gasteiger partial charge is 0.462 e. The molecule has 0 saturated heterocycles. The van der Waals surface area contributed by atoms with E-state index in [1.807, 2.05) is 0 Å². The van der Waals surface area contributed by atoms with Crippen LogP contribution >= 0.6 is 22.7 Å². The number of carbonyl (C=O) groups excluding carboxylic acids is 3. The van der Waals surface area contributed by atoms with Crippen LogP contribution in [0.25, 0.3) is 10.2 Å². The fourth-order valence-electron chi connectivity index (χ4n) is 4.13. The molecule has 0 aromatic carbocycles. The molecular formula is C23H26N4O4S2. The van der Waals surface area contributed by atoms with Crippen LogP contribution in [0.2, 0.25) is 0 Å². The molecule has 3 aromatic heterocycles. The van der Waals surface area contributed by atoms with Gasteiger partial charge in [-0.25, -0.2) is 9.78 Å². The van der Waals surface area contributed by atoms with Crippen LogP contribution in [0.15, 0.2) is 6.07 Å². The van der Waals surface area contributed by atoms with E-state index >= 15 is 0 Å². The fraction of sp³-hybridized carbons (Fsp3) is 0.391. The molecular weight excluding hydrogens is 460 g/mol. The summed E-state index contributed by atoms with van der Waals surface area (Å²) in [6.45, 7) is 3.49. The highest BCUT2D eigenvalue weighted by Gasteiger charge is 2.27. The van der Waals surface area contributed by atoms with Gasteiger partial charge in [0.15, 0.2) is 0 Å². The number of esters is 1. The maximum absolute atomic E-state index is 13.2. The number of anilines is 2. The maximum atomic E-state index is 13.2. The molecule has 174 valence electrons. The molecule has 8 nitrogen and oxygen atoms in total. The second kappa shape index (κ2) is 9.48. The Morgan fingerprint density at radius 2 is 1.85 bits per heavy atom. The van der Waals surface area contributed by atoms with E-state index in [0.29, 0.717) is 16.1 Å². The summed E-state index contributed by atoms with van der Waals surface area (Å²) in [5.41, 5.74) is 15.0. The number of amides is 2. The first-order chi connectivity index (χ1) is 15.8. The van der Waals surface area contributed by atoms with E-state index in [2.05, 4.69) is 11.4 Å². The summed E-state index contributed by atoms with van der Waals surface area (Å²) in [5, 5.41) is 3.70. The van der Waals surface area contributed by atoms with Gasteiger partial charge in [0.2, 0.25) is 0 Å². The number of nitrogen functional groups attached to an aromatic ring is 1. The minimum atomic E-state index is -0.736. The van der Waals surface area contributed by atoms with Crippen LogP contribution < -0.4 is 16.8 Å². The average Bonchev–Trinajstić information content (AvgIpc) is 3.24. The van der Waals surface area contributed by atoms with E-state index in [9.17, 15) is 14.4 Å². The van der Waals surface area contributed by atoms with Gasteiger partial charge < -0.3 is 21.5 Å². The van der Waals surface area contributed by atoms with E-state index in [0.717, 1.165) is 52.9 Å². The molecule has 4 rings (SSSR count). The van der Waals surface area contributed by atoms with Crippen LogP contribution in [0.1, 0.15) is 79.1 Å². The highest BCUT2D eigenvalue weighted by Crippen LogP contribution is 2.38. The number of nitrogens with one attached hydrogen (secondary N) is 1. The summed E-state index contributed by atoms with van der Waals surface area (Å²) in [5.74, 6) is -1.77. The molecule has 33 heavy (non-hydrogen) atoms. The first-order valence-corrected chi connectivity index (χ1v) is 12.6. The molecule has 1 aliphatic carbocycles. The Bertz CT molecular complexity index is 1260. The van der Waals surface area contributed by atoms with Gasteiger partial charge >= 0.3 is 5.97 Å². The molecule has 5 N–H and O–H groups in total. The number of fused-ring (bicyclic) bond motifs is 2. The number of rotatable bonds is 5. The molecule has 0 unspecified atom stereocenters. The second-order valence-corrected chi connectivity index (χ2v) is 10.0. The van der Waals surface area contributed by atoms with Crippen molar-refractivity contribution < 1.29 is 19.1 Å². The Morgan fingerprint density at radius 1 is 1.12 bits per heavy atom. The van der Waals surface area contributed by atoms with E-state index in [4.69, 9.17) is 21.2 Å². The molecule has 10 heteroatoms. The normalized spacial score (nSPS) is 13.8. The molecule has 0 radical (unpaired) electrons. The topological polar surface area (TPSA) is 137 Å². The minimum absolute atomic E-state index is 0.0946. The van der Waals surface area contributed by atoms with Gasteiger partial charge in [0, 0.05) is 11.1 Å². The van der Waals surface area contributed by atoms with Crippen molar-refractivity contribution in [3.63, 3.8) is 0 Å². The summed E-state index contributed by atoms with van der Waals surface area (Å²) in [6, 6.07) is 2.06. The molecule has 2 amide bonds. The number of aryl methyl sites for hydroxylation is 2. The molecule has 3 aromatic rings. The van der Waals surface area contributed by atoms with Crippen molar-refractivity contribution in [3.8, 4) is 0 Å². The zero-order valence-electron chi connectivity index (χ0n) is 18.6. The van der Waals surface area contributed by atoms with Gasteiger partial charge in [-0.1, -0.05) is 12.8 Å². The molecule has 3 heterocycles. The van der Waals surface area contributed by atoms with Crippen LogP contribution in [0.4, 0.5) is 10.7 Å². The number of carbonyl (C=O) groups is 3. The molecule has 0 bridgehead atoms. The lowest BCUT2D eigenvalue weighted by Gasteiger charge is -2.12. The number of hydrogen-bond donors (Lipinski definition) is 3. The van der Waals surface area contributed by atoms with Crippen LogP contribution in [0, 0.1) is 6.92 Å².